The lowest BCUT2D eigenvalue weighted by atomic mass is 9.79. The average molecular weight is 755 g/mol. The lowest BCUT2D eigenvalue weighted by Crippen LogP contribution is -2.36. The van der Waals surface area contributed by atoms with E-state index in [1.807, 2.05) is 12.1 Å². The zero-order chi connectivity index (χ0) is 40.2. The number of nitrogens with zero attached hydrogens (tertiary/aromatic N) is 2. The van der Waals surface area contributed by atoms with Gasteiger partial charge in [0, 0.05) is 51.6 Å². The molecule has 2 aliphatic carbocycles. The van der Waals surface area contributed by atoms with Crippen LogP contribution in [0.4, 0.5) is 27.1 Å². The molecule has 3 heteroatoms. The van der Waals surface area contributed by atoms with Crippen molar-refractivity contribution < 1.29 is 4.39 Å². The van der Waals surface area contributed by atoms with Gasteiger partial charge in [0.1, 0.15) is 5.82 Å². The van der Waals surface area contributed by atoms with Gasteiger partial charge >= 0.3 is 0 Å². The third-order valence-electron chi connectivity index (χ3n) is 13.6. The highest BCUT2D eigenvalue weighted by Gasteiger charge is 2.39. The zero-order valence-electron chi connectivity index (χ0n) is 35.5. The SMILES string of the molecule is CCCC([C@@H](C)c1ccc2c(c1)C(C)(C)c1cc(N(c3ccc(F)cc3)C(C)CC)ccc1-2)N(c1ccccc1)c1ccc2c(c1)C(C)(C)c1cc(CC)ccc1-2. The highest BCUT2D eigenvalue weighted by Crippen LogP contribution is 2.53. The van der Waals surface area contributed by atoms with Gasteiger partial charge in [-0.1, -0.05) is 129 Å². The van der Waals surface area contributed by atoms with Crippen LogP contribution in [0.2, 0.25) is 0 Å². The largest absolute Gasteiger partial charge is 0.339 e. The van der Waals surface area contributed by atoms with E-state index in [0.717, 1.165) is 37.1 Å². The van der Waals surface area contributed by atoms with Crippen LogP contribution in [0.5, 0.6) is 0 Å². The lowest BCUT2D eigenvalue weighted by molar-refractivity contribution is 0.510. The molecule has 0 saturated heterocycles. The maximum atomic E-state index is 14.0. The van der Waals surface area contributed by atoms with E-state index in [-0.39, 0.29) is 34.6 Å². The van der Waals surface area contributed by atoms with Crippen molar-refractivity contribution in [3.8, 4) is 22.3 Å². The molecule has 0 N–H and O–H groups in total. The van der Waals surface area contributed by atoms with Gasteiger partial charge in [0.2, 0.25) is 0 Å². The van der Waals surface area contributed by atoms with Gasteiger partial charge in [0.05, 0.1) is 0 Å². The monoisotopic (exact) mass is 754 g/mol. The molecule has 6 aromatic rings. The van der Waals surface area contributed by atoms with Gasteiger partial charge < -0.3 is 9.80 Å². The fourth-order valence-electron chi connectivity index (χ4n) is 10.0. The summed E-state index contributed by atoms with van der Waals surface area (Å²) in [4.78, 5) is 5.00. The van der Waals surface area contributed by atoms with Crippen LogP contribution in [-0.4, -0.2) is 12.1 Å². The molecule has 2 nitrogen and oxygen atoms in total. The summed E-state index contributed by atoms with van der Waals surface area (Å²) in [5, 5.41) is 0. The number of hydrogen-bond acceptors (Lipinski definition) is 2. The number of fused-ring (bicyclic) bond motifs is 6. The molecule has 0 bridgehead atoms. The Morgan fingerprint density at radius 2 is 1.02 bits per heavy atom. The average Bonchev–Trinajstić information content (AvgIpc) is 3.59. The van der Waals surface area contributed by atoms with Crippen LogP contribution in [0.15, 0.2) is 127 Å². The molecule has 57 heavy (non-hydrogen) atoms. The van der Waals surface area contributed by atoms with Gasteiger partial charge in [-0.3, -0.25) is 0 Å². The summed E-state index contributed by atoms with van der Waals surface area (Å²) < 4.78 is 14.0. The molecule has 0 radical (unpaired) electrons. The first-order chi connectivity index (χ1) is 27.4. The number of anilines is 4. The third-order valence-corrected chi connectivity index (χ3v) is 13.6. The van der Waals surface area contributed by atoms with Crippen molar-refractivity contribution in [1.82, 2.24) is 0 Å². The second kappa shape index (κ2) is 15.0. The van der Waals surface area contributed by atoms with Crippen LogP contribution in [0.25, 0.3) is 22.3 Å². The Bertz CT molecular complexity index is 2410. The molecule has 292 valence electrons. The number of rotatable bonds is 12. The highest BCUT2D eigenvalue weighted by atomic mass is 19.1. The predicted molar refractivity (Wildman–Crippen MR) is 241 cm³/mol. The maximum absolute atomic E-state index is 14.0. The van der Waals surface area contributed by atoms with Crippen molar-refractivity contribution in [2.75, 3.05) is 9.80 Å². The molecule has 0 heterocycles. The third kappa shape index (κ3) is 6.58. The molecular weight excluding hydrogens is 696 g/mol. The van der Waals surface area contributed by atoms with Gasteiger partial charge in [0.25, 0.3) is 0 Å². The molecule has 0 aliphatic heterocycles. The van der Waals surface area contributed by atoms with Crippen molar-refractivity contribution in [3.63, 3.8) is 0 Å². The van der Waals surface area contributed by atoms with Crippen LogP contribution in [0, 0.1) is 5.82 Å². The first kappa shape index (κ1) is 38.7. The summed E-state index contributed by atoms with van der Waals surface area (Å²) in [7, 11) is 0. The summed E-state index contributed by atoms with van der Waals surface area (Å²) in [6.45, 7) is 21.0. The van der Waals surface area contributed by atoms with Gasteiger partial charge in [-0.2, -0.15) is 0 Å². The number of aryl methyl sites for hydroxylation is 1. The number of halogens is 1. The van der Waals surface area contributed by atoms with E-state index in [0.29, 0.717) is 0 Å². The smallest absolute Gasteiger partial charge is 0.123 e. The second-order valence-electron chi connectivity index (χ2n) is 17.7. The summed E-state index contributed by atoms with van der Waals surface area (Å²) in [6, 6.07) is 47.1. The fourth-order valence-corrected chi connectivity index (χ4v) is 10.0. The first-order valence-corrected chi connectivity index (χ1v) is 21.4. The van der Waals surface area contributed by atoms with E-state index in [2.05, 4.69) is 175 Å². The molecule has 2 aliphatic rings. The molecule has 0 amide bonds. The summed E-state index contributed by atoms with van der Waals surface area (Å²) in [5.41, 5.74) is 18.1. The number of para-hydroxylation sites is 1. The molecule has 8 rings (SSSR count). The van der Waals surface area contributed by atoms with E-state index >= 15 is 0 Å². The quantitative estimate of drug-likeness (QED) is 0.123. The van der Waals surface area contributed by atoms with Crippen LogP contribution in [0.3, 0.4) is 0 Å². The zero-order valence-corrected chi connectivity index (χ0v) is 35.5. The standard InChI is InChI=1S/C54H59FN2/c1-10-16-52(57(40-17-14-13-15-18-40)43-26-30-46-44-27-19-37(12-3)31-48(44)53(6,7)51(46)34-43)36(5)38-20-28-45-47-29-25-42(33-50(47)54(8,9)49(45)32-38)56(35(4)11-2)41-23-21-39(55)22-24-41/h13-15,17-36,52H,10-12,16H2,1-9H3/t35?,36-,52?/m0/s1. The second-order valence-corrected chi connectivity index (χ2v) is 17.7. The van der Waals surface area contributed by atoms with Crippen LogP contribution >= 0.6 is 0 Å². The Hall–Kier alpha value is -5.15. The van der Waals surface area contributed by atoms with E-state index in [1.54, 1.807) is 12.1 Å². The summed E-state index contributed by atoms with van der Waals surface area (Å²) in [6.07, 6.45) is 4.18. The fraction of sp³-hybridized carbons (Fsp3) is 0.333. The molecule has 3 atom stereocenters. The Morgan fingerprint density at radius 3 is 1.58 bits per heavy atom. The number of benzene rings is 6. The first-order valence-electron chi connectivity index (χ1n) is 21.4. The Balaban J connectivity index is 1.17. The Labute approximate surface area is 341 Å². The minimum absolute atomic E-state index is 0.0782. The van der Waals surface area contributed by atoms with Gasteiger partial charge in [0.15, 0.2) is 0 Å². The Morgan fingerprint density at radius 1 is 0.526 bits per heavy atom. The molecular formula is C54H59FN2. The van der Waals surface area contributed by atoms with Gasteiger partial charge in [-0.25, -0.2) is 4.39 Å². The van der Waals surface area contributed by atoms with Crippen LogP contribution in [-0.2, 0) is 17.3 Å². The molecule has 0 spiro atoms. The van der Waals surface area contributed by atoms with Gasteiger partial charge in [-0.05, 0) is 142 Å². The topological polar surface area (TPSA) is 6.48 Å². The van der Waals surface area contributed by atoms with Crippen molar-refractivity contribution in [2.45, 2.75) is 117 Å². The van der Waals surface area contributed by atoms with Crippen molar-refractivity contribution in [3.05, 3.63) is 167 Å². The number of hydrogen-bond donors (Lipinski definition) is 0. The van der Waals surface area contributed by atoms with Crippen molar-refractivity contribution in [1.29, 1.82) is 0 Å². The molecule has 6 aromatic carbocycles. The van der Waals surface area contributed by atoms with E-state index in [4.69, 9.17) is 0 Å². The molecule has 0 fully saturated rings. The Kier molecular flexibility index (Phi) is 10.2. The summed E-state index contributed by atoms with van der Waals surface area (Å²) >= 11 is 0. The van der Waals surface area contributed by atoms with E-state index < -0.39 is 0 Å². The van der Waals surface area contributed by atoms with E-state index in [9.17, 15) is 4.39 Å². The predicted octanol–water partition coefficient (Wildman–Crippen LogP) is 15.0. The maximum Gasteiger partial charge on any atom is 0.123 e. The highest BCUT2D eigenvalue weighted by molar-refractivity contribution is 5.85. The molecule has 2 unspecified atom stereocenters. The van der Waals surface area contributed by atoms with Crippen molar-refractivity contribution >= 4 is 22.7 Å². The molecule has 0 aromatic heterocycles. The summed E-state index contributed by atoms with van der Waals surface area (Å²) in [5.74, 6) is 0.0506. The minimum Gasteiger partial charge on any atom is -0.339 e. The van der Waals surface area contributed by atoms with Gasteiger partial charge in [-0.15, -0.1) is 0 Å². The van der Waals surface area contributed by atoms with Crippen LogP contribution < -0.4 is 9.80 Å². The van der Waals surface area contributed by atoms with E-state index in [1.165, 1.54) is 67.0 Å². The van der Waals surface area contributed by atoms with Crippen LogP contribution in [0.1, 0.15) is 121 Å². The normalized spacial score (nSPS) is 15.9. The lowest BCUT2D eigenvalue weighted by Gasteiger charge is -2.39. The van der Waals surface area contributed by atoms with Crippen molar-refractivity contribution in [2.24, 2.45) is 0 Å². The molecule has 0 saturated carbocycles. The minimum atomic E-state index is -0.209.